The Morgan fingerprint density at radius 3 is 2.25 bits per heavy atom. The Morgan fingerprint density at radius 2 is 1.62 bits per heavy atom. The lowest BCUT2D eigenvalue weighted by atomic mass is 10.1. The Morgan fingerprint density at radius 1 is 0.975 bits per heavy atom. The number of aromatic nitrogens is 1. The van der Waals surface area contributed by atoms with Crippen molar-refractivity contribution in [2.75, 3.05) is 32.2 Å². The lowest BCUT2D eigenvalue weighted by molar-refractivity contribution is -0.143. The molecular formula is C27H29N3O6S4. The molecule has 0 saturated carbocycles. The molecule has 1 aromatic heterocycles. The van der Waals surface area contributed by atoms with Gasteiger partial charge in [0.25, 0.3) is 11.5 Å². The summed E-state index contributed by atoms with van der Waals surface area (Å²) in [5, 5.41) is 0.998. The molecular weight excluding hydrogens is 591 g/mol. The smallest absolute Gasteiger partial charge is 0.325 e. The molecule has 2 aliphatic heterocycles. The van der Waals surface area contributed by atoms with Gasteiger partial charge in [0.2, 0.25) is 0 Å². The molecule has 1 saturated heterocycles. The summed E-state index contributed by atoms with van der Waals surface area (Å²) >= 11 is 9.12. The third kappa shape index (κ3) is 5.65. The SMILES string of the molecule is CCC(/C=C1\Sc2cc(C)c(C)cc2N1CC)=c1\s/c(=C2/SC(=S)N(CC(=O)OC)C2=O)n(CC(=O)OC)c1=O. The average Bonchev–Trinajstić information content (AvgIpc) is 3.53. The van der Waals surface area contributed by atoms with Crippen molar-refractivity contribution in [3.05, 3.63) is 53.9 Å². The van der Waals surface area contributed by atoms with E-state index in [-0.39, 0.29) is 22.3 Å². The molecule has 1 aromatic carbocycles. The van der Waals surface area contributed by atoms with Gasteiger partial charge in [0.05, 0.1) is 29.5 Å². The van der Waals surface area contributed by atoms with Crippen LogP contribution in [0.15, 0.2) is 32.9 Å². The highest BCUT2D eigenvalue weighted by molar-refractivity contribution is 8.30. The van der Waals surface area contributed by atoms with E-state index < -0.39 is 23.4 Å². The van der Waals surface area contributed by atoms with Gasteiger partial charge in [-0.05, 0) is 62.1 Å². The number of nitrogens with zero attached hydrogens (tertiary/aromatic N) is 3. The lowest BCUT2D eigenvalue weighted by Gasteiger charge is -2.19. The largest absolute Gasteiger partial charge is 0.468 e. The fraction of sp³-hybridized carbons (Fsp3) is 0.370. The van der Waals surface area contributed by atoms with Gasteiger partial charge in [-0.3, -0.25) is 28.6 Å². The molecule has 0 radical (unpaired) electrons. The molecule has 2 aliphatic rings. The molecule has 13 heteroatoms. The fourth-order valence-corrected chi connectivity index (χ4v) is 8.15. The van der Waals surface area contributed by atoms with Gasteiger partial charge in [-0.1, -0.05) is 42.7 Å². The number of amides is 1. The number of esters is 2. The Kier molecular flexibility index (Phi) is 9.28. The molecule has 9 nitrogen and oxygen atoms in total. The zero-order valence-electron chi connectivity index (χ0n) is 23.0. The van der Waals surface area contributed by atoms with Crippen LogP contribution in [0.2, 0.25) is 0 Å². The van der Waals surface area contributed by atoms with Crippen molar-refractivity contribution >= 4 is 85.4 Å². The number of hydrogen-bond donors (Lipinski definition) is 0. The van der Waals surface area contributed by atoms with E-state index in [1.54, 1.807) is 11.8 Å². The van der Waals surface area contributed by atoms with Gasteiger partial charge in [0.1, 0.15) is 27.0 Å². The normalized spacial score (nSPS) is 18.0. The molecule has 0 bridgehead atoms. The lowest BCUT2D eigenvalue weighted by Crippen LogP contribution is -2.37. The van der Waals surface area contributed by atoms with Crippen LogP contribution in [0.4, 0.5) is 5.69 Å². The first-order valence-corrected chi connectivity index (χ1v) is 15.3. The quantitative estimate of drug-likeness (QED) is 0.340. The number of fused-ring (bicyclic) bond motifs is 1. The minimum Gasteiger partial charge on any atom is -0.468 e. The number of ether oxygens (including phenoxy) is 2. The van der Waals surface area contributed by atoms with Crippen LogP contribution < -0.4 is 19.7 Å². The van der Waals surface area contributed by atoms with Crippen molar-refractivity contribution in [2.45, 2.75) is 45.6 Å². The minimum absolute atomic E-state index is 0.170. The predicted molar refractivity (Wildman–Crippen MR) is 164 cm³/mol. The number of aryl methyl sites for hydroxylation is 2. The molecule has 0 unspecified atom stereocenters. The maximum absolute atomic E-state index is 13.8. The minimum atomic E-state index is -0.626. The number of rotatable bonds is 7. The number of anilines is 1. The zero-order valence-corrected chi connectivity index (χ0v) is 26.3. The highest BCUT2D eigenvalue weighted by Gasteiger charge is 2.36. The van der Waals surface area contributed by atoms with Crippen LogP contribution in [-0.4, -0.2) is 58.9 Å². The summed E-state index contributed by atoms with van der Waals surface area (Å²) in [5.74, 6) is -1.77. The number of carbonyl (C=O) groups excluding carboxylic acids is 3. The summed E-state index contributed by atoms with van der Waals surface area (Å²) in [6, 6.07) is 4.36. The van der Waals surface area contributed by atoms with E-state index in [0.29, 0.717) is 15.6 Å². The topological polar surface area (TPSA) is 98.2 Å². The highest BCUT2D eigenvalue weighted by Crippen LogP contribution is 2.47. The van der Waals surface area contributed by atoms with Gasteiger partial charge in [-0.15, -0.1) is 11.3 Å². The van der Waals surface area contributed by atoms with Gasteiger partial charge in [0, 0.05) is 11.4 Å². The Hall–Kier alpha value is -2.87. The molecule has 40 heavy (non-hydrogen) atoms. The second-order valence-corrected chi connectivity index (χ2v) is 12.7. The average molecular weight is 620 g/mol. The number of methoxy groups -OCH3 is 2. The summed E-state index contributed by atoms with van der Waals surface area (Å²) < 4.78 is 11.7. The first-order valence-electron chi connectivity index (χ1n) is 12.5. The third-order valence-electron chi connectivity index (χ3n) is 6.59. The molecule has 1 amide bonds. The zero-order chi connectivity index (χ0) is 29.3. The van der Waals surface area contributed by atoms with Crippen LogP contribution in [0, 0.1) is 13.8 Å². The fourth-order valence-electron chi connectivity index (χ4n) is 4.24. The van der Waals surface area contributed by atoms with Gasteiger partial charge >= 0.3 is 11.9 Å². The van der Waals surface area contributed by atoms with Crippen LogP contribution >= 0.6 is 47.1 Å². The molecule has 3 heterocycles. The number of thioether (sulfide) groups is 2. The van der Waals surface area contributed by atoms with Crippen molar-refractivity contribution in [1.29, 1.82) is 0 Å². The van der Waals surface area contributed by atoms with E-state index in [0.717, 1.165) is 55.7 Å². The summed E-state index contributed by atoms with van der Waals surface area (Å²) in [6.07, 6.45) is 2.56. The Bertz CT molecular complexity index is 1640. The summed E-state index contributed by atoms with van der Waals surface area (Å²) in [7, 11) is 2.46. The first-order chi connectivity index (χ1) is 19.0. The van der Waals surface area contributed by atoms with Gasteiger partial charge in [-0.2, -0.15) is 0 Å². The number of thiocarbonyl (C=S) groups is 1. The predicted octanol–water partition coefficient (Wildman–Crippen LogP) is 2.88. The molecule has 4 rings (SSSR count). The molecule has 0 N–H and O–H groups in total. The van der Waals surface area contributed by atoms with Crippen LogP contribution in [0.5, 0.6) is 0 Å². The van der Waals surface area contributed by atoms with Crippen molar-refractivity contribution in [2.24, 2.45) is 0 Å². The highest BCUT2D eigenvalue weighted by atomic mass is 32.2. The van der Waals surface area contributed by atoms with Gasteiger partial charge in [-0.25, -0.2) is 0 Å². The van der Waals surface area contributed by atoms with Crippen LogP contribution in [0.3, 0.4) is 0 Å². The van der Waals surface area contributed by atoms with E-state index in [1.807, 2.05) is 13.0 Å². The number of thiazole rings is 1. The molecule has 1 fully saturated rings. The molecule has 0 aliphatic carbocycles. The van der Waals surface area contributed by atoms with Crippen molar-refractivity contribution < 1.29 is 23.9 Å². The van der Waals surface area contributed by atoms with Crippen LogP contribution in [-0.2, 0) is 30.4 Å². The number of benzene rings is 1. The summed E-state index contributed by atoms with van der Waals surface area (Å²) in [5.41, 5.74) is 3.95. The van der Waals surface area contributed by atoms with Crippen molar-refractivity contribution in [1.82, 2.24) is 9.47 Å². The van der Waals surface area contributed by atoms with Crippen LogP contribution in [0.1, 0.15) is 31.4 Å². The number of carbonyl (C=O) groups is 3. The standard InChI is InChI=1S/C27H29N3O6S4/c1-7-16(11-19-28(8-2)17-9-14(3)15(4)10-18(17)38-19)22-24(33)29(12-20(31)35-5)26(39-22)23-25(34)30(27(37)40-23)13-21(32)36-6/h9-11H,7-8,12-13H2,1-6H3/b19-11-,22-16+,26-23+. The monoisotopic (exact) mass is 619 g/mol. The van der Waals surface area contributed by atoms with Crippen molar-refractivity contribution in [3.63, 3.8) is 0 Å². The van der Waals surface area contributed by atoms with E-state index in [9.17, 15) is 19.2 Å². The summed E-state index contributed by atoms with van der Waals surface area (Å²) in [4.78, 5) is 55.9. The molecule has 0 atom stereocenters. The van der Waals surface area contributed by atoms with Gasteiger partial charge < -0.3 is 14.4 Å². The van der Waals surface area contributed by atoms with E-state index in [2.05, 4.69) is 42.5 Å². The maximum Gasteiger partial charge on any atom is 0.325 e. The van der Waals surface area contributed by atoms with E-state index in [1.165, 1.54) is 29.9 Å². The maximum atomic E-state index is 13.8. The van der Waals surface area contributed by atoms with Gasteiger partial charge in [0.15, 0.2) is 0 Å². The second kappa shape index (κ2) is 12.3. The second-order valence-electron chi connectivity index (χ2n) is 8.98. The Balaban J connectivity index is 1.92. The number of hydrogen-bond acceptors (Lipinski definition) is 11. The molecule has 2 aromatic rings. The third-order valence-corrected chi connectivity index (χ3v) is 10.5. The summed E-state index contributed by atoms with van der Waals surface area (Å²) in [6.45, 7) is 8.27. The molecule has 0 spiro atoms. The van der Waals surface area contributed by atoms with Crippen molar-refractivity contribution in [3.8, 4) is 0 Å². The number of allylic oxidation sites excluding steroid dienone is 1. The first kappa shape index (κ1) is 30.1. The molecule has 212 valence electrons. The van der Waals surface area contributed by atoms with E-state index >= 15 is 0 Å². The van der Waals surface area contributed by atoms with E-state index in [4.69, 9.17) is 17.0 Å². The Labute approximate surface area is 249 Å². The van der Waals surface area contributed by atoms with Crippen LogP contribution in [0.25, 0.3) is 10.5 Å².